The summed E-state index contributed by atoms with van der Waals surface area (Å²) < 4.78 is 21.6. The van der Waals surface area contributed by atoms with Gasteiger partial charge in [-0.25, -0.2) is 8.42 Å². The molecular weight excluding hydrogens is 230 g/mol. The summed E-state index contributed by atoms with van der Waals surface area (Å²) in [6.45, 7) is 2.60. The highest BCUT2D eigenvalue weighted by Gasteiger charge is 2.10. The molecule has 0 aliphatic carbocycles. The Morgan fingerprint density at radius 2 is 2.06 bits per heavy atom. The molecule has 16 heavy (non-hydrogen) atoms. The summed E-state index contributed by atoms with van der Waals surface area (Å²) >= 11 is 0. The molecule has 0 bridgehead atoms. The minimum Gasteiger partial charge on any atom is -0.396 e. The summed E-state index contributed by atoms with van der Waals surface area (Å²) in [6.07, 6.45) is 2.66. The molecule has 0 aliphatic rings. The lowest BCUT2D eigenvalue weighted by Crippen LogP contribution is -2.30. The predicted molar refractivity (Wildman–Crippen MR) is 62.8 cm³/mol. The van der Waals surface area contributed by atoms with Gasteiger partial charge in [0.2, 0.25) is 5.91 Å². The van der Waals surface area contributed by atoms with Crippen LogP contribution in [0.2, 0.25) is 0 Å². The summed E-state index contributed by atoms with van der Waals surface area (Å²) in [4.78, 5) is 11.3. The SMILES string of the molecule is CCC(CCO)CNC(=O)CCS(C)(=O)=O. The predicted octanol–water partition coefficient (Wildman–Crippen LogP) is -0.0541. The smallest absolute Gasteiger partial charge is 0.221 e. The van der Waals surface area contributed by atoms with Crippen LogP contribution < -0.4 is 5.32 Å². The Hall–Kier alpha value is -0.620. The van der Waals surface area contributed by atoms with E-state index < -0.39 is 9.84 Å². The molecule has 0 radical (unpaired) electrons. The average Bonchev–Trinajstić information content (AvgIpc) is 2.20. The summed E-state index contributed by atoms with van der Waals surface area (Å²) in [5, 5.41) is 11.4. The third-order valence-corrected chi connectivity index (χ3v) is 3.35. The highest BCUT2D eigenvalue weighted by Crippen LogP contribution is 2.05. The molecule has 0 saturated heterocycles. The molecule has 1 amide bonds. The van der Waals surface area contributed by atoms with E-state index in [0.29, 0.717) is 13.0 Å². The fourth-order valence-electron chi connectivity index (χ4n) is 1.26. The van der Waals surface area contributed by atoms with Crippen LogP contribution in [0.3, 0.4) is 0 Å². The molecule has 0 saturated carbocycles. The topological polar surface area (TPSA) is 83.5 Å². The van der Waals surface area contributed by atoms with Gasteiger partial charge >= 0.3 is 0 Å². The van der Waals surface area contributed by atoms with Crippen LogP contribution in [0.5, 0.6) is 0 Å². The first-order valence-electron chi connectivity index (χ1n) is 5.44. The Balaban J connectivity index is 3.80. The van der Waals surface area contributed by atoms with E-state index in [1.807, 2.05) is 6.92 Å². The van der Waals surface area contributed by atoms with Gasteiger partial charge in [0.15, 0.2) is 0 Å². The lowest BCUT2D eigenvalue weighted by Gasteiger charge is -2.14. The minimum atomic E-state index is -3.07. The second-order valence-corrected chi connectivity index (χ2v) is 6.23. The minimum absolute atomic E-state index is 0.00833. The molecule has 2 N–H and O–H groups in total. The molecule has 1 atom stereocenters. The number of nitrogens with one attached hydrogen (secondary N) is 1. The van der Waals surface area contributed by atoms with Gasteiger partial charge in [0.05, 0.1) is 5.75 Å². The maximum Gasteiger partial charge on any atom is 0.221 e. The van der Waals surface area contributed by atoms with E-state index in [1.54, 1.807) is 0 Å². The third kappa shape index (κ3) is 8.67. The third-order valence-electron chi connectivity index (χ3n) is 2.40. The summed E-state index contributed by atoms with van der Waals surface area (Å²) in [6, 6.07) is 0. The highest BCUT2D eigenvalue weighted by molar-refractivity contribution is 7.90. The fraction of sp³-hybridized carbons (Fsp3) is 0.900. The first-order valence-corrected chi connectivity index (χ1v) is 7.50. The van der Waals surface area contributed by atoms with Gasteiger partial charge in [-0.2, -0.15) is 0 Å². The van der Waals surface area contributed by atoms with Crippen molar-refractivity contribution < 1.29 is 18.3 Å². The molecule has 5 nitrogen and oxygen atoms in total. The number of rotatable bonds is 8. The maximum atomic E-state index is 11.3. The zero-order chi connectivity index (χ0) is 12.6. The number of aliphatic hydroxyl groups is 1. The van der Waals surface area contributed by atoms with Crippen molar-refractivity contribution in [1.29, 1.82) is 0 Å². The van der Waals surface area contributed by atoms with Crippen molar-refractivity contribution in [1.82, 2.24) is 5.32 Å². The molecule has 0 aromatic carbocycles. The molecule has 96 valence electrons. The average molecular weight is 251 g/mol. The van der Waals surface area contributed by atoms with E-state index in [2.05, 4.69) is 5.32 Å². The Kier molecular flexibility index (Phi) is 7.33. The Bertz CT molecular complexity index is 300. The van der Waals surface area contributed by atoms with Crippen LogP contribution in [-0.4, -0.2) is 44.6 Å². The van der Waals surface area contributed by atoms with Crippen molar-refractivity contribution >= 4 is 15.7 Å². The van der Waals surface area contributed by atoms with Crippen molar-refractivity contribution in [3.05, 3.63) is 0 Å². The maximum absolute atomic E-state index is 11.3. The van der Waals surface area contributed by atoms with Gasteiger partial charge in [0, 0.05) is 25.8 Å². The molecule has 0 heterocycles. The first kappa shape index (κ1) is 15.4. The van der Waals surface area contributed by atoms with E-state index in [0.717, 1.165) is 12.7 Å². The van der Waals surface area contributed by atoms with Crippen molar-refractivity contribution in [3.63, 3.8) is 0 Å². The molecule has 0 fully saturated rings. The van der Waals surface area contributed by atoms with Crippen LogP contribution in [0.4, 0.5) is 0 Å². The molecule has 6 heteroatoms. The number of hydrogen-bond acceptors (Lipinski definition) is 4. The number of sulfone groups is 1. The van der Waals surface area contributed by atoms with Crippen molar-refractivity contribution in [2.45, 2.75) is 26.2 Å². The summed E-state index contributed by atoms with van der Waals surface area (Å²) in [7, 11) is -3.07. The second-order valence-electron chi connectivity index (χ2n) is 3.97. The van der Waals surface area contributed by atoms with E-state index in [1.165, 1.54) is 0 Å². The number of amides is 1. The van der Waals surface area contributed by atoms with Gasteiger partial charge in [-0.1, -0.05) is 13.3 Å². The number of carbonyl (C=O) groups is 1. The van der Waals surface area contributed by atoms with Crippen molar-refractivity contribution in [3.8, 4) is 0 Å². The molecule has 1 unspecified atom stereocenters. The van der Waals surface area contributed by atoms with Gasteiger partial charge in [-0.05, 0) is 12.3 Å². The Morgan fingerprint density at radius 1 is 1.44 bits per heavy atom. The van der Waals surface area contributed by atoms with Crippen molar-refractivity contribution in [2.24, 2.45) is 5.92 Å². The quantitative estimate of drug-likeness (QED) is 0.633. The van der Waals surface area contributed by atoms with Crippen LogP contribution in [0, 0.1) is 5.92 Å². The van der Waals surface area contributed by atoms with Crippen LogP contribution >= 0.6 is 0 Å². The molecule has 0 spiro atoms. The molecular formula is C10H21NO4S. The van der Waals surface area contributed by atoms with Gasteiger partial charge in [0.1, 0.15) is 9.84 Å². The zero-order valence-electron chi connectivity index (χ0n) is 9.90. The van der Waals surface area contributed by atoms with Crippen LogP contribution in [-0.2, 0) is 14.6 Å². The van der Waals surface area contributed by atoms with Crippen LogP contribution in [0.15, 0.2) is 0 Å². The van der Waals surface area contributed by atoms with E-state index in [9.17, 15) is 13.2 Å². The lowest BCUT2D eigenvalue weighted by atomic mass is 10.0. The molecule has 0 rings (SSSR count). The summed E-state index contributed by atoms with van der Waals surface area (Å²) in [5.74, 6) is -0.107. The number of carbonyl (C=O) groups excluding carboxylic acids is 1. The zero-order valence-corrected chi connectivity index (χ0v) is 10.7. The fourth-order valence-corrected chi connectivity index (χ4v) is 1.81. The van der Waals surface area contributed by atoms with E-state index in [4.69, 9.17) is 5.11 Å². The summed E-state index contributed by atoms with van der Waals surface area (Å²) in [5.41, 5.74) is 0. The number of aliphatic hydroxyl groups excluding tert-OH is 1. The van der Waals surface area contributed by atoms with Gasteiger partial charge < -0.3 is 10.4 Å². The normalized spacial score (nSPS) is 13.4. The van der Waals surface area contributed by atoms with E-state index >= 15 is 0 Å². The van der Waals surface area contributed by atoms with Gasteiger partial charge in [-0.15, -0.1) is 0 Å². The lowest BCUT2D eigenvalue weighted by molar-refractivity contribution is -0.120. The monoisotopic (exact) mass is 251 g/mol. The van der Waals surface area contributed by atoms with Crippen LogP contribution in [0.1, 0.15) is 26.2 Å². The molecule has 0 aliphatic heterocycles. The Morgan fingerprint density at radius 3 is 2.50 bits per heavy atom. The number of hydrogen-bond donors (Lipinski definition) is 2. The second kappa shape index (κ2) is 7.62. The van der Waals surface area contributed by atoms with Crippen molar-refractivity contribution in [2.75, 3.05) is 25.2 Å². The standard InChI is InChI=1S/C10H21NO4S/c1-3-9(4-6-12)8-11-10(13)5-7-16(2,14)15/h9,12H,3-8H2,1-2H3,(H,11,13). The Labute approximate surface area is 97.2 Å². The molecule has 0 aromatic heterocycles. The van der Waals surface area contributed by atoms with Crippen LogP contribution in [0.25, 0.3) is 0 Å². The van der Waals surface area contributed by atoms with E-state index in [-0.39, 0.29) is 30.6 Å². The first-order chi connectivity index (χ1) is 7.39. The van der Waals surface area contributed by atoms with Gasteiger partial charge in [-0.3, -0.25) is 4.79 Å². The molecule has 0 aromatic rings. The van der Waals surface area contributed by atoms with Gasteiger partial charge in [0.25, 0.3) is 0 Å². The largest absolute Gasteiger partial charge is 0.396 e. The highest BCUT2D eigenvalue weighted by atomic mass is 32.2.